The van der Waals surface area contributed by atoms with Crippen LogP contribution in [0.25, 0.3) is 11.5 Å². The second kappa shape index (κ2) is 11.6. The van der Waals surface area contributed by atoms with Crippen molar-refractivity contribution in [3.8, 4) is 11.5 Å². The summed E-state index contributed by atoms with van der Waals surface area (Å²) in [5, 5.41) is 0.300. The summed E-state index contributed by atoms with van der Waals surface area (Å²) in [6, 6.07) is 18.5. The Morgan fingerprint density at radius 2 is 1.59 bits per heavy atom. The lowest BCUT2D eigenvalue weighted by Crippen LogP contribution is -2.34. The Kier molecular flexibility index (Phi) is 8.09. The quantitative estimate of drug-likeness (QED) is 0.285. The van der Waals surface area contributed by atoms with E-state index >= 15 is 0 Å². The fourth-order valence-electron chi connectivity index (χ4n) is 3.48. The summed E-state index contributed by atoms with van der Waals surface area (Å²) in [7, 11) is 0. The first-order valence-electron chi connectivity index (χ1n) is 11.6. The maximum absolute atomic E-state index is 13.3. The van der Waals surface area contributed by atoms with Crippen molar-refractivity contribution >= 4 is 34.3 Å². The van der Waals surface area contributed by atoms with Crippen LogP contribution in [0.4, 0.5) is 5.13 Å². The molecule has 37 heavy (non-hydrogen) atoms. The lowest BCUT2D eigenvalue weighted by molar-refractivity contribution is -0.121. The molecule has 0 atom stereocenters. The maximum atomic E-state index is 13.3. The van der Waals surface area contributed by atoms with E-state index in [1.807, 2.05) is 60.7 Å². The van der Waals surface area contributed by atoms with E-state index in [1.54, 1.807) is 20.8 Å². The average Bonchev–Trinajstić information content (AvgIpc) is 3.49. The summed E-state index contributed by atoms with van der Waals surface area (Å²) >= 11 is 1.05. The normalized spacial score (nSPS) is 10.7. The Bertz CT molecular complexity index is 1400. The van der Waals surface area contributed by atoms with Gasteiger partial charge >= 0.3 is 11.9 Å². The molecule has 2 heterocycles. The van der Waals surface area contributed by atoms with Crippen LogP contribution in [-0.4, -0.2) is 41.0 Å². The van der Waals surface area contributed by atoms with Gasteiger partial charge in [-0.1, -0.05) is 59.9 Å². The summed E-state index contributed by atoms with van der Waals surface area (Å²) in [4.78, 5) is 48.7. The van der Waals surface area contributed by atoms with Gasteiger partial charge < -0.3 is 13.9 Å². The van der Waals surface area contributed by atoms with E-state index in [0.29, 0.717) is 21.3 Å². The van der Waals surface area contributed by atoms with Crippen LogP contribution < -0.4 is 4.90 Å². The highest BCUT2D eigenvalue weighted by molar-refractivity contribution is 7.17. The summed E-state index contributed by atoms with van der Waals surface area (Å²) in [6.45, 7) is 4.85. The number of anilines is 1. The monoisotopic (exact) mass is 519 g/mol. The summed E-state index contributed by atoms with van der Waals surface area (Å²) in [5.41, 5.74) is 2.00. The molecule has 0 aliphatic carbocycles. The summed E-state index contributed by atoms with van der Waals surface area (Å²) < 4.78 is 16.0. The van der Waals surface area contributed by atoms with Gasteiger partial charge in [-0.15, -0.1) is 0 Å². The molecule has 4 aromatic rings. The van der Waals surface area contributed by atoms with E-state index in [-0.39, 0.29) is 30.5 Å². The van der Waals surface area contributed by atoms with Gasteiger partial charge in [0.25, 0.3) is 5.91 Å². The van der Waals surface area contributed by atoms with Crippen LogP contribution in [0.1, 0.15) is 44.1 Å². The third kappa shape index (κ3) is 6.10. The number of thiazole rings is 1. The highest BCUT2D eigenvalue weighted by Crippen LogP contribution is 2.28. The van der Waals surface area contributed by atoms with Crippen molar-refractivity contribution in [3.05, 3.63) is 88.3 Å². The predicted molar refractivity (Wildman–Crippen MR) is 137 cm³/mol. The van der Waals surface area contributed by atoms with Gasteiger partial charge in [0.2, 0.25) is 5.89 Å². The van der Waals surface area contributed by atoms with E-state index in [1.165, 1.54) is 4.90 Å². The van der Waals surface area contributed by atoms with Crippen molar-refractivity contribution in [1.82, 2.24) is 9.97 Å². The first-order valence-corrected chi connectivity index (χ1v) is 12.4. The van der Waals surface area contributed by atoms with Crippen LogP contribution in [0.2, 0.25) is 0 Å². The molecule has 0 aliphatic heterocycles. The van der Waals surface area contributed by atoms with Crippen molar-refractivity contribution in [2.75, 3.05) is 18.1 Å². The van der Waals surface area contributed by atoms with Gasteiger partial charge in [0.1, 0.15) is 10.6 Å². The molecule has 0 saturated carbocycles. The smallest absolute Gasteiger partial charge is 0.361 e. The molecule has 0 aliphatic rings. The van der Waals surface area contributed by atoms with Gasteiger partial charge in [-0.3, -0.25) is 9.69 Å². The van der Waals surface area contributed by atoms with Gasteiger partial charge in [0.15, 0.2) is 17.4 Å². The standard InChI is InChI=1S/C27H25N3O6S/c1-4-34-26(33)23-17(2)28-27(37-23)30(15-19-11-7-5-8-12-19)21(31)16-35-25(32)22-18(3)36-24(29-22)20-13-9-6-10-14-20/h5-14H,4,15-16H2,1-3H3. The number of hydrogen-bond acceptors (Lipinski definition) is 9. The zero-order valence-electron chi connectivity index (χ0n) is 20.6. The number of hydrogen-bond donors (Lipinski definition) is 0. The minimum Gasteiger partial charge on any atom is -0.462 e. The van der Waals surface area contributed by atoms with E-state index < -0.39 is 24.5 Å². The number of esters is 2. The van der Waals surface area contributed by atoms with Crippen LogP contribution >= 0.6 is 11.3 Å². The Labute approximate surface area is 217 Å². The SMILES string of the molecule is CCOC(=O)c1sc(N(Cc2ccccc2)C(=O)COC(=O)c2nc(-c3ccccc3)oc2C)nc1C. The van der Waals surface area contributed by atoms with Crippen molar-refractivity contribution in [2.24, 2.45) is 0 Å². The maximum Gasteiger partial charge on any atom is 0.361 e. The molecule has 0 saturated heterocycles. The topological polar surface area (TPSA) is 112 Å². The Hall–Kier alpha value is -4.31. The lowest BCUT2D eigenvalue weighted by Gasteiger charge is -2.20. The van der Waals surface area contributed by atoms with Crippen LogP contribution in [-0.2, 0) is 20.8 Å². The van der Waals surface area contributed by atoms with Gasteiger partial charge in [0.05, 0.1) is 18.8 Å². The number of nitrogens with zero attached hydrogens (tertiary/aromatic N) is 3. The molecule has 10 heteroatoms. The number of carbonyl (C=O) groups excluding carboxylic acids is 3. The lowest BCUT2D eigenvalue weighted by atomic mass is 10.2. The Morgan fingerprint density at radius 3 is 2.27 bits per heavy atom. The largest absolute Gasteiger partial charge is 0.462 e. The molecule has 4 rings (SSSR count). The van der Waals surface area contributed by atoms with Crippen LogP contribution in [0.3, 0.4) is 0 Å². The number of oxazole rings is 1. The molecule has 0 fully saturated rings. The Balaban J connectivity index is 1.52. The molecule has 0 radical (unpaired) electrons. The number of aromatic nitrogens is 2. The van der Waals surface area contributed by atoms with Crippen molar-refractivity contribution in [3.63, 3.8) is 0 Å². The number of rotatable bonds is 9. The van der Waals surface area contributed by atoms with Crippen LogP contribution in [0.5, 0.6) is 0 Å². The number of ether oxygens (including phenoxy) is 2. The zero-order chi connectivity index (χ0) is 26.4. The molecular formula is C27H25N3O6S. The van der Waals surface area contributed by atoms with E-state index in [9.17, 15) is 14.4 Å². The second-order valence-corrected chi connectivity index (χ2v) is 8.94. The van der Waals surface area contributed by atoms with Gasteiger partial charge in [-0.2, -0.15) is 0 Å². The van der Waals surface area contributed by atoms with Crippen LogP contribution in [0, 0.1) is 13.8 Å². The van der Waals surface area contributed by atoms with Crippen molar-refractivity contribution in [2.45, 2.75) is 27.3 Å². The summed E-state index contributed by atoms with van der Waals surface area (Å²) in [5.74, 6) is -1.22. The molecule has 1 amide bonds. The summed E-state index contributed by atoms with van der Waals surface area (Å²) in [6.07, 6.45) is 0. The third-order valence-corrected chi connectivity index (χ3v) is 6.46. The Morgan fingerprint density at radius 1 is 0.919 bits per heavy atom. The molecule has 0 spiro atoms. The molecular weight excluding hydrogens is 494 g/mol. The molecule has 9 nitrogen and oxygen atoms in total. The van der Waals surface area contributed by atoms with Crippen molar-refractivity contribution < 1.29 is 28.3 Å². The number of aryl methyl sites for hydroxylation is 2. The molecule has 190 valence electrons. The first-order chi connectivity index (χ1) is 17.9. The minimum atomic E-state index is -0.779. The molecule has 0 N–H and O–H groups in total. The highest BCUT2D eigenvalue weighted by atomic mass is 32.1. The van der Waals surface area contributed by atoms with Gasteiger partial charge in [-0.25, -0.2) is 19.6 Å². The third-order valence-electron chi connectivity index (χ3n) is 5.30. The highest BCUT2D eigenvalue weighted by Gasteiger charge is 2.26. The molecule has 2 aromatic heterocycles. The molecule has 0 bridgehead atoms. The second-order valence-electron chi connectivity index (χ2n) is 7.96. The number of carbonyl (C=O) groups is 3. The van der Waals surface area contributed by atoms with Gasteiger partial charge in [-0.05, 0) is 38.5 Å². The zero-order valence-corrected chi connectivity index (χ0v) is 21.4. The number of benzene rings is 2. The molecule has 2 aromatic carbocycles. The first kappa shape index (κ1) is 25.8. The fourth-order valence-corrected chi connectivity index (χ4v) is 4.45. The average molecular weight is 520 g/mol. The van der Waals surface area contributed by atoms with Gasteiger partial charge in [0, 0.05) is 5.56 Å². The molecule has 0 unspecified atom stereocenters. The van der Waals surface area contributed by atoms with E-state index in [4.69, 9.17) is 13.9 Å². The number of amides is 1. The minimum absolute atomic E-state index is 0.00375. The van der Waals surface area contributed by atoms with E-state index in [2.05, 4.69) is 9.97 Å². The van der Waals surface area contributed by atoms with Crippen molar-refractivity contribution in [1.29, 1.82) is 0 Å². The fraction of sp³-hybridized carbons (Fsp3) is 0.222. The van der Waals surface area contributed by atoms with E-state index in [0.717, 1.165) is 16.9 Å². The predicted octanol–water partition coefficient (Wildman–Crippen LogP) is 4.98. The van der Waals surface area contributed by atoms with Crippen LogP contribution in [0.15, 0.2) is 65.1 Å².